The fraction of sp³-hybridized carbons (Fsp3) is 0.533. The maximum absolute atomic E-state index is 9.35. The molecule has 4 heteroatoms. The molecule has 1 aromatic rings. The summed E-state index contributed by atoms with van der Waals surface area (Å²) in [5, 5.41) is 9.35. The number of rotatable bonds is 3. The van der Waals surface area contributed by atoms with Crippen molar-refractivity contribution in [3.05, 3.63) is 28.2 Å². The third kappa shape index (κ3) is 2.93. The number of nitrogens with two attached hydrogens (primary N) is 1. The Morgan fingerprint density at radius 1 is 1.53 bits per heavy atom. The molecule has 0 radical (unpaired) electrons. The summed E-state index contributed by atoms with van der Waals surface area (Å²) in [4.78, 5) is 2.31. The Bertz CT molecular complexity index is 481. The minimum Gasteiger partial charge on any atom is -0.366 e. The predicted molar refractivity (Wildman–Crippen MR) is 82.1 cm³/mol. The van der Waals surface area contributed by atoms with Crippen LogP contribution in [0.2, 0.25) is 0 Å². The quantitative estimate of drug-likeness (QED) is 0.929. The van der Waals surface area contributed by atoms with Crippen molar-refractivity contribution in [2.75, 3.05) is 18.0 Å². The number of nitrogens with zero attached hydrogens (tertiary/aromatic N) is 2. The summed E-state index contributed by atoms with van der Waals surface area (Å²) in [7, 11) is 0. The van der Waals surface area contributed by atoms with E-state index in [0.717, 1.165) is 34.6 Å². The lowest BCUT2D eigenvalue weighted by atomic mass is 9.88. The Kier molecular flexibility index (Phi) is 4.84. The molecule has 3 nitrogen and oxygen atoms in total. The first-order valence-electron chi connectivity index (χ1n) is 6.86. The molecule has 0 spiro atoms. The molecule has 2 rings (SSSR count). The van der Waals surface area contributed by atoms with Crippen molar-refractivity contribution in [3.63, 3.8) is 0 Å². The average Bonchev–Trinajstić information content (AvgIpc) is 2.46. The molecule has 0 aromatic heterocycles. The van der Waals surface area contributed by atoms with Crippen LogP contribution in [0.25, 0.3) is 0 Å². The highest BCUT2D eigenvalue weighted by Gasteiger charge is 2.28. The molecular weight excluding hydrogens is 302 g/mol. The summed E-state index contributed by atoms with van der Waals surface area (Å²) in [6.07, 6.45) is 3.53. The van der Waals surface area contributed by atoms with E-state index in [1.54, 1.807) is 0 Å². The Hall–Kier alpha value is -1.05. The van der Waals surface area contributed by atoms with Crippen molar-refractivity contribution >= 4 is 21.6 Å². The van der Waals surface area contributed by atoms with Gasteiger partial charge in [-0.05, 0) is 46.8 Å². The van der Waals surface area contributed by atoms with Crippen LogP contribution < -0.4 is 10.6 Å². The van der Waals surface area contributed by atoms with E-state index in [9.17, 15) is 5.26 Å². The second kappa shape index (κ2) is 6.40. The predicted octanol–water partition coefficient (Wildman–Crippen LogP) is 3.27. The van der Waals surface area contributed by atoms with Crippen molar-refractivity contribution in [1.29, 1.82) is 5.26 Å². The first-order valence-corrected chi connectivity index (χ1v) is 7.65. The number of anilines is 1. The molecule has 1 aromatic carbocycles. The Morgan fingerprint density at radius 2 is 2.32 bits per heavy atom. The van der Waals surface area contributed by atoms with Gasteiger partial charge in [-0.25, -0.2) is 0 Å². The molecule has 1 heterocycles. The van der Waals surface area contributed by atoms with Crippen LogP contribution in [0.4, 0.5) is 5.69 Å². The number of benzene rings is 1. The van der Waals surface area contributed by atoms with Gasteiger partial charge in [-0.1, -0.05) is 19.4 Å². The SMILES string of the molecule is CCC1CCN(c2cccc(Br)c2C#N)C(CN)C1. The third-order valence-corrected chi connectivity index (χ3v) is 4.75. The van der Waals surface area contributed by atoms with E-state index in [1.165, 1.54) is 12.8 Å². The number of nitriles is 1. The van der Waals surface area contributed by atoms with Crippen LogP contribution in [0.5, 0.6) is 0 Å². The molecule has 1 saturated heterocycles. The number of halogens is 1. The summed E-state index contributed by atoms with van der Waals surface area (Å²) in [6, 6.07) is 8.58. The van der Waals surface area contributed by atoms with Crippen LogP contribution >= 0.6 is 15.9 Å². The average molecular weight is 322 g/mol. The molecule has 102 valence electrons. The summed E-state index contributed by atoms with van der Waals surface area (Å²) >= 11 is 3.46. The van der Waals surface area contributed by atoms with E-state index in [-0.39, 0.29) is 0 Å². The van der Waals surface area contributed by atoms with Gasteiger partial charge in [0.25, 0.3) is 0 Å². The van der Waals surface area contributed by atoms with Gasteiger partial charge in [0.1, 0.15) is 6.07 Å². The lowest BCUT2D eigenvalue weighted by Crippen LogP contribution is -2.47. The van der Waals surface area contributed by atoms with E-state index < -0.39 is 0 Å². The van der Waals surface area contributed by atoms with Gasteiger partial charge >= 0.3 is 0 Å². The summed E-state index contributed by atoms with van der Waals surface area (Å²) < 4.78 is 0.862. The van der Waals surface area contributed by atoms with E-state index >= 15 is 0 Å². The van der Waals surface area contributed by atoms with Crippen molar-refractivity contribution < 1.29 is 0 Å². The highest BCUT2D eigenvalue weighted by Crippen LogP contribution is 2.33. The second-order valence-electron chi connectivity index (χ2n) is 5.13. The van der Waals surface area contributed by atoms with Crippen LogP contribution in [0, 0.1) is 17.2 Å². The fourth-order valence-electron chi connectivity index (χ4n) is 2.91. The zero-order chi connectivity index (χ0) is 13.8. The Balaban J connectivity index is 2.31. The molecule has 0 saturated carbocycles. The summed E-state index contributed by atoms with van der Waals surface area (Å²) in [5.74, 6) is 0.766. The highest BCUT2D eigenvalue weighted by molar-refractivity contribution is 9.10. The van der Waals surface area contributed by atoms with Gasteiger partial charge in [0.15, 0.2) is 0 Å². The van der Waals surface area contributed by atoms with Gasteiger partial charge in [-0.15, -0.1) is 0 Å². The van der Waals surface area contributed by atoms with E-state index in [4.69, 9.17) is 5.73 Å². The highest BCUT2D eigenvalue weighted by atomic mass is 79.9. The molecule has 2 atom stereocenters. The Labute approximate surface area is 123 Å². The maximum atomic E-state index is 9.35. The fourth-order valence-corrected chi connectivity index (χ4v) is 3.35. The van der Waals surface area contributed by atoms with Crippen LogP contribution in [0.15, 0.2) is 22.7 Å². The lowest BCUT2D eigenvalue weighted by molar-refractivity contribution is 0.336. The first-order chi connectivity index (χ1) is 9.21. The molecular formula is C15H20BrN3. The van der Waals surface area contributed by atoms with Gasteiger partial charge in [0, 0.05) is 23.6 Å². The Morgan fingerprint density at radius 3 is 2.95 bits per heavy atom. The van der Waals surface area contributed by atoms with Crippen LogP contribution in [-0.2, 0) is 0 Å². The monoisotopic (exact) mass is 321 g/mol. The maximum Gasteiger partial charge on any atom is 0.103 e. The van der Waals surface area contributed by atoms with E-state index in [0.29, 0.717) is 12.6 Å². The topological polar surface area (TPSA) is 53.0 Å². The standard InChI is InChI=1S/C15H20BrN3/c1-2-11-6-7-19(12(8-11)9-17)15-5-3-4-14(16)13(15)10-18/h3-5,11-12H,2,6-9,17H2,1H3. The second-order valence-corrected chi connectivity index (χ2v) is 5.98. The summed E-state index contributed by atoms with van der Waals surface area (Å²) in [5.41, 5.74) is 7.68. The van der Waals surface area contributed by atoms with E-state index in [2.05, 4.69) is 33.8 Å². The smallest absolute Gasteiger partial charge is 0.103 e. The molecule has 1 fully saturated rings. The van der Waals surface area contributed by atoms with Gasteiger partial charge in [-0.2, -0.15) is 5.26 Å². The van der Waals surface area contributed by atoms with Crippen molar-refractivity contribution in [3.8, 4) is 6.07 Å². The normalized spacial score (nSPS) is 23.2. The van der Waals surface area contributed by atoms with Crippen LogP contribution in [0.3, 0.4) is 0 Å². The molecule has 1 aliphatic rings. The van der Waals surface area contributed by atoms with E-state index in [1.807, 2.05) is 18.2 Å². The first kappa shape index (κ1) is 14.4. The zero-order valence-corrected chi connectivity index (χ0v) is 12.9. The number of piperidine rings is 1. The minimum absolute atomic E-state index is 0.347. The van der Waals surface area contributed by atoms with Gasteiger partial charge < -0.3 is 10.6 Å². The van der Waals surface area contributed by atoms with Crippen molar-refractivity contribution in [2.24, 2.45) is 11.7 Å². The molecule has 0 amide bonds. The van der Waals surface area contributed by atoms with Crippen molar-refractivity contribution in [2.45, 2.75) is 32.2 Å². The van der Waals surface area contributed by atoms with Gasteiger partial charge in [-0.3, -0.25) is 0 Å². The van der Waals surface area contributed by atoms with Crippen molar-refractivity contribution in [1.82, 2.24) is 0 Å². The number of hydrogen-bond acceptors (Lipinski definition) is 3. The zero-order valence-electron chi connectivity index (χ0n) is 11.3. The molecule has 0 bridgehead atoms. The number of hydrogen-bond donors (Lipinski definition) is 1. The molecule has 0 aliphatic carbocycles. The van der Waals surface area contributed by atoms with Gasteiger partial charge in [0.2, 0.25) is 0 Å². The van der Waals surface area contributed by atoms with Crippen LogP contribution in [0.1, 0.15) is 31.7 Å². The molecule has 1 aliphatic heterocycles. The summed E-state index contributed by atoms with van der Waals surface area (Å²) in [6.45, 7) is 3.88. The molecule has 19 heavy (non-hydrogen) atoms. The third-order valence-electron chi connectivity index (χ3n) is 4.09. The van der Waals surface area contributed by atoms with Gasteiger partial charge in [0.05, 0.1) is 11.3 Å². The molecule has 2 N–H and O–H groups in total. The molecule has 2 unspecified atom stereocenters. The lowest BCUT2D eigenvalue weighted by Gasteiger charge is -2.41. The van der Waals surface area contributed by atoms with Crippen LogP contribution in [-0.4, -0.2) is 19.1 Å². The largest absolute Gasteiger partial charge is 0.366 e. The minimum atomic E-state index is 0.347.